The van der Waals surface area contributed by atoms with Crippen LogP contribution in [0.15, 0.2) is 23.2 Å². The first-order valence-corrected chi connectivity index (χ1v) is 14.8. The average Bonchev–Trinajstić information content (AvgIpc) is 3.22. The van der Waals surface area contributed by atoms with Crippen LogP contribution in [0, 0.1) is 5.92 Å². The Morgan fingerprint density at radius 1 is 1.24 bits per heavy atom. The summed E-state index contributed by atoms with van der Waals surface area (Å²) in [7, 11) is -3.76. The van der Waals surface area contributed by atoms with Gasteiger partial charge in [0.25, 0.3) is 0 Å². The number of amides is 1. The van der Waals surface area contributed by atoms with Crippen LogP contribution in [-0.2, 0) is 14.8 Å². The van der Waals surface area contributed by atoms with E-state index in [-0.39, 0.29) is 40.9 Å². The fourth-order valence-corrected chi connectivity index (χ4v) is 7.34. The Morgan fingerprint density at radius 2 is 1.92 bits per heavy atom. The molecule has 1 aromatic heterocycles. The highest BCUT2D eigenvalue weighted by molar-refractivity contribution is 7.89. The monoisotopic (exact) mass is 534 g/mol. The van der Waals surface area contributed by atoms with E-state index in [0.717, 1.165) is 29.4 Å². The predicted molar refractivity (Wildman–Crippen MR) is 142 cm³/mol. The molecular weight excluding hydrogens is 495 g/mol. The first-order chi connectivity index (χ1) is 17.4. The van der Waals surface area contributed by atoms with Gasteiger partial charge in [-0.25, -0.2) is 17.5 Å². The van der Waals surface area contributed by atoms with E-state index in [1.807, 2.05) is 44.2 Å². The molecule has 2 aliphatic heterocycles. The lowest BCUT2D eigenvalue weighted by atomic mass is 10.0. The highest BCUT2D eigenvalue weighted by Gasteiger charge is 2.42. The second-order valence-corrected chi connectivity index (χ2v) is 13.5. The highest BCUT2D eigenvalue weighted by atomic mass is 32.2. The summed E-state index contributed by atoms with van der Waals surface area (Å²) >= 11 is 0. The Hall–Kier alpha value is -2.24. The van der Waals surface area contributed by atoms with E-state index >= 15 is 0 Å². The Kier molecular flexibility index (Phi) is 6.77. The molecule has 1 aliphatic carbocycles. The number of sulfonamides is 1. The van der Waals surface area contributed by atoms with Gasteiger partial charge in [0.1, 0.15) is 6.67 Å². The molecule has 2 aromatic rings. The molecule has 1 amide bonds. The molecule has 3 fully saturated rings. The third-order valence-electron chi connectivity index (χ3n) is 8.10. The first-order valence-electron chi connectivity index (χ1n) is 13.3. The van der Waals surface area contributed by atoms with Crippen molar-refractivity contribution in [1.82, 2.24) is 24.7 Å². The number of alkyl halides is 1. The molecule has 37 heavy (non-hydrogen) atoms. The van der Waals surface area contributed by atoms with Gasteiger partial charge >= 0.3 is 0 Å². The van der Waals surface area contributed by atoms with Crippen molar-refractivity contribution in [2.75, 3.05) is 31.2 Å². The van der Waals surface area contributed by atoms with Crippen molar-refractivity contribution in [3.63, 3.8) is 0 Å². The highest BCUT2D eigenvalue weighted by Crippen LogP contribution is 2.39. The fourth-order valence-electron chi connectivity index (χ4n) is 5.84. The number of carbonyl (C=O) groups is 1. The minimum atomic E-state index is -3.76. The van der Waals surface area contributed by atoms with Crippen LogP contribution in [0.3, 0.4) is 0 Å². The third-order valence-corrected chi connectivity index (χ3v) is 9.72. The maximum atomic E-state index is 13.5. The third kappa shape index (κ3) is 4.97. The van der Waals surface area contributed by atoms with Crippen LogP contribution in [0.4, 0.5) is 10.1 Å². The fraction of sp³-hybridized carbons (Fsp3) is 0.692. The van der Waals surface area contributed by atoms with Crippen molar-refractivity contribution in [2.24, 2.45) is 5.92 Å². The van der Waals surface area contributed by atoms with Crippen LogP contribution in [0.5, 0.6) is 0 Å². The zero-order valence-electron chi connectivity index (χ0n) is 22.4. The molecule has 2 N–H and O–H groups in total. The first kappa shape index (κ1) is 26.4. The van der Waals surface area contributed by atoms with Gasteiger partial charge in [0.05, 0.1) is 22.7 Å². The average molecular weight is 535 g/mol. The van der Waals surface area contributed by atoms with Crippen molar-refractivity contribution in [3.8, 4) is 0 Å². The summed E-state index contributed by atoms with van der Waals surface area (Å²) in [6.07, 6.45) is 4.03. The van der Waals surface area contributed by atoms with E-state index in [9.17, 15) is 17.6 Å². The Bertz CT molecular complexity index is 1280. The lowest BCUT2D eigenvalue weighted by molar-refractivity contribution is -0.139. The molecule has 9 nitrogen and oxygen atoms in total. The van der Waals surface area contributed by atoms with Gasteiger partial charge in [0.15, 0.2) is 0 Å². The molecule has 3 heterocycles. The number of rotatable bonds is 7. The number of nitrogens with one attached hydrogen (secondary N) is 2. The van der Waals surface area contributed by atoms with Crippen molar-refractivity contribution in [1.29, 1.82) is 0 Å². The number of halogens is 1. The van der Waals surface area contributed by atoms with Crippen molar-refractivity contribution < 1.29 is 17.6 Å². The maximum Gasteiger partial charge on any atom is 0.241 e. The summed E-state index contributed by atoms with van der Waals surface area (Å²) in [4.78, 5) is 17.2. The quantitative estimate of drug-likeness (QED) is 0.567. The Labute approximate surface area is 218 Å². The van der Waals surface area contributed by atoms with Gasteiger partial charge in [0.2, 0.25) is 15.9 Å². The van der Waals surface area contributed by atoms with Crippen molar-refractivity contribution in [2.45, 2.75) is 88.5 Å². The number of piperazine rings is 1. The number of hydrogen-bond donors (Lipinski definition) is 2. The van der Waals surface area contributed by atoms with Crippen molar-refractivity contribution in [3.05, 3.63) is 18.3 Å². The number of benzene rings is 1. The molecule has 11 heteroatoms. The molecule has 0 bridgehead atoms. The van der Waals surface area contributed by atoms with Crippen molar-refractivity contribution >= 4 is 32.5 Å². The molecule has 1 aromatic carbocycles. The van der Waals surface area contributed by atoms with Crippen LogP contribution in [-0.4, -0.2) is 79.0 Å². The van der Waals surface area contributed by atoms with E-state index in [0.29, 0.717) is 26.1 Å². The van der Waals surface area contributed by atoms with Crippen LogP contribution in [0.25, 0.3) is 10.9 Å². The zero-order valence-corrected chi connectivity index (χ0v) is 23.2. The molecule has 2 saturated heterocycles. The molecule has 4 atom stereocenters. The normalized spacial score (nSPS) is 27.9. The standard InChI is InChI=1S/C26H39FN6O3S/c1-16(2)25(34)32-17(3)14-31(15-18(32)4)23-9-21(37(35,36)30-26(5)6-7-26)10-24-22(23)13-29-33(24)20-8-19(11-27)28-12-20/h9-10,13,16-20,28,30H,6-8,11-12,14-15H2,1-5H3/t17-,18+,19-,20+/m1/s1. The molecule has 0 radical (unpaired) electrons. The zero-order chi connectivity index (χ0) is 26.7. The number of carbonyl (C=O) groups excluding carboxylic acids is 1. The minimum Gasteiger partial charge on any atom is -0.367 e. The number of aromatic nitrogens is 2. The Morgan fingerprint density at radius 3 is 2.49 bits per heavy atom. The SMILES string of the molecule is CC(C)C(=O)N1[C@H](C)CN(c2cc(S(=O)(=O)NC3(C)CC3)cc3c2cnn3[C@@H]2CN[C@@H](CF)C2)C[C@@H]1C. The van der Waals surface area contributed by atoms with Gasteiger partial charge < -0.3 is 15.1 Å². The van der Waals surface area contributed by atoms with E-state index in [1.54, 1.807) is 18.3 Å². The second-order valence-electron chi connectivity index (χ2n) is 11.8. The lowest BCUT2D eigenvalue weighted by Crippen LogP contribution is -2.59. The largest absolute Gasteiger partial charge is 0.367 e. The summed E-state index contributed by atoms with van der Waals surface area (Å²) in [6, 6.07) is 3.11. The lowest BCUT2D eigenvalue weighted by Gasteiger charge is -2.46. The molecule has 1 saturated carbocycles. The summed E-state index contributed by atoms with van der Waals surface area (Å²) in [5.74, 6) is 0.0462. The van der Waals surface area contributed by atoms with Gasteiger partial charge in [-0.1, -0.05) is 13.8 Å². The van der Waals surface area contributed by atoms with E-state index in [4.69, 9.17) is 0 Å². The van der Waals surface area contributed by atoms with Gasteiger partial charge in [-0.2, -0.15) is 5.10 Å². The molecule has 0 unspecified atom stereocenters. The number of fused-ring (bicyclic) bond motifs is 1. The van der Waals surface area contributed by atoms with Gasteiger partial charge in [-0.3, -0.25) is 9.48 Å². The molecule has 5 rings (SSSR count). The van der Waals surface area contributed by atoms with Gasteiger partial charge in [-0.15, -0.1) is 0 Å². The van der Waals surface area contributed by atoms with E-state index in [2.05, 4.69) is 20.0 Å². The topological polar surface area (TPSA) is 99.6 Å². The summed E-state index contributed by atoms with van der Waals surface area (Å²) in [5.41, 5.74) is 1.13. The minimum absolute atomic E-state index is 0.0307. The molecule has 204 valence electrons. The molecule has 0 spiro atoms. The van der Waals surface area contributed by atoms with Gasteiger partial charge in [-0.05, 0) is 52.2 Å². The van der Waals surface area contributed by atoms with Crippen LogP contribution in [0.2, 0.25) is 0 Å². The summed E-state index contributed by atoms with van der Waals surface area (Å²) < 4.78 is 45.0. The number of nitrogens with zero attached hydrogens (tertiary/aromatic N) is 4. The summed E-state index contributed by atoms with van der Waals surface area (Å²) in [5, 5.41) is 8.72. The molecule has 3 aliphatic rings. The second kappa shape index (κ2) is 9.50. The van der Waals surface area contributed by atoms with Gasteiger partial charge in [0, 0.05) is 60.3 Å². The maximum absolute atomic E-state index is 13.5. The molecular formula is C26H39FN6O3S. The van der Waals surface area contributed by atoms with Crippen LogP contribution in [0.1, 0.15) is 59.9 Å². The summed E-state index contributed by atoms with van der Waals surface area (Å²) in [6.45, 7) is 11.2. The smallest absolute Gasteiger partial charge is 0.241 e. The van der Waals surface area contributed by atoms with Crippen LogP contribution < -0.4 is 14.9 Å². The predicted octanol–water partition coefficient (Wildman–Crippen LogP) is 2.82. The number of hydrogen-bond acceptors (Lipinski definition) is 6. The van der Waals surface area contributed by atoms with Crippen LogP contribution >= 0.6 is 0 Å². The van der Waals surface area contributed by atoms with E-state index < -0.39 is 22.2 Å². The Balaban J connectivity index is 1.56. The number of anilines is 1. The van der Waals surface area contributed by atoms with E-state index in [1.165, 1.54) is 0 Å².